The molecule has 0 spiro atoms. The summed E-state index contributed by atoms with van der Waals surface area (Å²) in [6.07, 6.45) is 3.79. The molecule has 11 heteroatoms. The molecule has 39 heavy (non-hydrogen) atoms. The third kappa shape index (κ3) is 5.83. The van der Waals surface area contributed by atoms with E-state index in [4.69, 9.17) is 9.15 Å². The van der Waals surface area contributed by atoms with Crippen LogP contribution in [0.25, 0.3) is 33.7 Å². The van der Waals surface area contributed by atoms with Gasteiger partial charge in [0, 0.05) is 29.5 Å². The predicted molar refractivity (Wildman–Crippen MR) is 148 cm³/mol. The van der Waals surface area contributed by atoms with E-state index >= 15 is 0 Å². The molecular formula is C28H30BrN5O5. The molecule has 0 aliphatic heterocycles. The summed E-state index contributed by atoms with van der Waals surface area (Å²) >= 11 is 3.73. The van der Waals surface area contributed by atoms with Crippen molar-refractivity contribution in [2.45, 2.75) is 64.0 Å². The standard InChI is InChI=1S/C28H30BrN5O5/c1-2-3-10-23(35)34(17-28(39-27(36)37)13-6-7-14-28)16-18-11-12-22-21(15-18)24(29)25(38-22)19-8-4-5-9-20(19)26-30-32-33-31-26/h4-5,8-9,11-12,15H,2-3,6-7,10,13-14,16-17H2,1H3,(H,36,37)(H,30,31,32,33). The summed E-state index contributed by atoms with van der Waals surface area (Å²) < 4.78 is 12.4. The molecule has 4 aromatic rings. The molecule has 0 atom stereocenters. The van der Waals surface area contributed by atoms with Crippen molar-refractivity contribution < 1.29 is 23.8 Å². The summed E-state index contributed by atoms with van der Waals surface area (Å²) in [5.41, 5.74) is 2.37. The number of aromatic nitrogens is 4. The van der Waals surface area contributed by atoms with Crippen LogP contribution in [0.4, 0.5) is 4.79 Å². The topological polar surface area (TPSA) is 134 Å². The van der Waals surface area contributed by atoms with Gasteiger partial charge >= 0.3 is 6.16 Å². The van der Waals surface area contributed by atoms with Crippen LogP contribution in [0.1, 0.15) is 57.4 Å². The summed E-state index contributed by atoms with van der Waals surface area (Å²) in [6, 6.07) is 13.5. The van der Waals surface area contributed by atoms with E-state index in [0.717, 1.165) is 52.2 Å². The third-order valence-electron chi connectivity index (χ3n) is 7.23. The molecule has 2 aromatic heterocycles. The molecule has 1 fully saturated rings. The molecule has 0 bridgehead atoms. The minimum atomic E-state index is -1.30. The fourth-order valence-corrected chi connectivity index (χ4v) is 5.94. The summed E-state index contributed by atoms with van der Waals surface area (Å²) in [5.74, 6) is 1.17. The van der Waals surface area contributed by atoms with Crippen molar-refractivity contribution in [1.82, 2.24) is 25.5 Å². The van der Waals surface area contributed by atoms with Gasteiger partial charge in [-0.15, -0.1) is 5.10 Å². The minimum absolute atomic E-state index is 0.00115. The Labute approximate surface area is 233 Å². The Morgan fingerprint density at radius 3 is 2.64 bits per heavy atom. The number of hydrogen-bond donors (Lipinski definition) is 2. The Hall–Kier alpha value is -3.73. The Balaban J connectivity index is 1.46. The van der Waals surface area contributed by atoms with Crippen molar-refractivity contribution in [2.75, 3.05) is 6.54 Å². The second-order valence-electron chi connectivity index (χ2n) is 9.98. The van der Waals surface area contributed by atoms with Crippen molar-refractivity contribution in [1.29, 1.82) is 0 Å². The number of nitrogens with zero attached hydrogens (tertiary/aromatic N) is 4. The van der Waals surface area contributed by atoms with E-state index in [1.165, 1.54) is 0 Å². The van der Waals surface area contributed by atoms with Gasteiger partial charge in [-0.2, -0.15) is 0 Å². The molecule has 10 nitrogen and oxygen atoms in total. The van der Waals surface area contributed by atoms with Gasteiger partial charge in [0.1, 0.15) is 16.9 Å². The predicted octanol–water partition coefficient (Wildman–Crippen LogP) is 6.57. The lowest BCUT2D eigenvalue weighted by Crippen LogP contribution is -2.46. The average molecular weight is 596 g/mol. The van der Waals surface area contributed by atoms with Crippen LogP contribution in [0.15, 0.2) is 51.4 Å². The molecule has 204 valence electrons. The number of H-pyrrole nitrogens is 1. The van der Waals surface area contributed by atoms with Gasteiger partial charge in [-0.1, -0.05) is 43.7 Å². The Kier molecular flexibility index (Phi) is 7.97. The lowest BCUT2D eigenvalue weighted by Gasteiger charge is -2.34. The van der Waals surface area contributed by atoms with Gasteiger partial charge in [-0.25, -0.2) is 9.89 Å². The smallest absolute Gasteiger partial charge is 0.455 e. The van der Waals surface area contributed by atoms with Crippen LogP contribution in [0.5, 0.6) is 0 Å². The highest BCUT2D eigenvalue weighted by Crippen LogP contribution is 2.41. The molecule has 2 heterocycles. The molecule has 1 aliphatic carbocycles. The lowest BCUT2D eigenvalue weighted by molar-refractivity contribution is -0.136. The van der Waals surface area contributed by atoms with Gasteiger partial charge in [0.25, 0.3) is 0 Å². The van der Waals surface area contributed by atoms with Gasteiger partial charge in [0.05, 0.1) is 11.0 Å². The molecule has 0 saturated heterocycles. The number of aromatic amines is 1. The summed E-state index contributed by atoms with van der Waals surface area (Å²) in [5, 5.41) is 24.5. The maximum absolute atomic E-state index is 13.3. The maximum atomic E-state index is 13.3. The normalized spacial score (nSPS) is 14.5. The highest BCUT2D eigenvalue weighted by molar-refractivity contribution is 9.10. The quantitative estimate of drug-likeness (QED) is 0.196. The van der Waals surface area contributed by atoms with Crippen molar-refractivity contribution in [3.63, 3.8) is 0 Å². The molecular weight excluding hydrogens is 566 g/mol. The number of nitrogens with one attached hydrogen (secondary N) is 1. The Morgan fingerprint density at radius 2 is 1.95 bits per heavy atom. The number of carbonyl (C=O) groups excluding carboxylic acids is 1. The first kappa shape index (κ1) is 26.9. The van der Waals surface area contributed by atoms with Gasteiger partial charge in [-0.3, -0.25) is 4.79 Å². The van der Waals surface area contributed by atoms with Gasteiger partial charge in [0.2, 0.25) is 5.91 Å². The highest BCUT2D eigenvalue weighted by atomic mass is 79.9. The van der Waals surface area contributed by atoms with E-state index in [-0.39, 0.29) is 12.5 Å². The monoisotopic (exact) mass is 595 g/mol. The summed E-state index contributed by atoms with van der Waals surface area (Å²) in [7, 11) is 0. The van der Waals surface area contributed by atoms with Crippen molar-refractivity contribution in [3.8, 4) is 22.7 Å². The number of hydrogen-bond acceptors (Lipinski definition) is 7. The maximum Gasteiger partial charge on any atom is 0.506 e. The average Bonchev–Trinajstić information content (AvgIpc) is 3.68. The second-order valence-corrected chi connectivity index (χ2v) is 10.8. The van der Waals surface area contributed by atoms with E-state index in [1.54, 1.807) is 4.90 Å². The lowest BCUT2D eigenvalue weighted by atomic mass is 10.00. The van der Waals surface area contributed by atoms with Gasteiger partial charge < -0.3 is 19.2 Å². The molecule has 1 saturated carbocycles. The van der Waals surface area contributed by atoms with E-state index in [9.17, 15) is 14.7 Å². The number of amides is 1. The molecule has 0 unspecified atom stereocenters. The first-order chi connectivity index (χ1) is 18.9. The fraction of sp³-hybridized carbons (Fsp3) is 0.393. The number of ether oxygens (including phenoxy) is 1. The summed E-state index contributed by atoms with van der Waals surface area (Å²) in [6.45, 7) is 2.63. The zero-order chi connectivity index (χ0) is 27.4. The van der Waals surface area contributed by atoms with Gasteiger partial charge in [-0.05, 0) is 76.2 Å². The third-order valence-corrected chi connectivity index (χ3v) is 8.02. The van der Waals surface area contributed by atoms with Crippen LogP contribution in [-0.2, 0) is 16.1 Å². The molecule has 2 N–H and O–H groups in total. The molecule has 5 rings (SSSR count). The van der Waals surface area contributed by atoms with Crippen molar-refractivity contribution in [2.24, 2.45) is 0 Å². The largest absolute Gasteiger partial charge is 0.506 e. The number of carbonyl (C=O) groups is 2. The van der Waals surface area contributed by atoms with Crippen LogP contribution in [-0.4, -0.2) is 54.8 Å². The minimum Gasteiger partial charge on any atom is -0.455 e. The first-order valence-corrected chi connectivity index (χ1v) is 13.9. The molecule has 1 aliphatic rings. The number of benzene rings is 2. The Bertz CT molecular complexity index is 1460. The highest BCUT2D eigenvalue weighted by Gasteiger charge is 2.40. The zero-order valence-corrected chi connectivity index (χ0v) is 23.2. The fourth-order valence-electron chi connectivity index (χ4n) is 5.33. The number of halogens is 1. The van der Waals surface area contributed by atoms with Crippen LogP contribution >= 0.6 is 15.9 Å². The van der Waals surface area contributed by atoms with E-state index in [1.807, 2.05) is 49.4 Å². The molecule has 2 aromatic carbocycles. The van der Waals surface area contributed by atoms with E-state index < -0.39 is 11.8 Å². The van der Waals surface area contributed by atoms with Crippen LogP contribution in [0.3, 0.4) is 0 Å². The summed E-state index contributed by atoms with van der Waals surface area (Å²) in [4.78, 5) is 26.5. The number of tetrazole rings is 1. The number of unbranched alkanes of at least 4 members (excludes halogenated alkanes) is 1. The van der Waals surface area contributed by atoms with Crippen LogP contribution < -0.4 is 0 Å². The van der Waals surface area contributed by atoms with Crippen LogP contribution in [0, 0.1) is 0 Å². The molecule has 0 radical (unpaired) electrons. The van der Waals surface area contributed by atoms with Crippen molar-refractivity contribution in [3.05, 3.63) is 52.5 Å². The van der Waals surface area contributed by atoms with Crippen LogP contribution in [0.2, 0.25) is 0 Å². The van der Waals surface area contributed by atoms with Gasteiger partial charge in [0.15, 0.2) is 5.82 Å². The number of carboxylic acid groups (broad SMARTS) is 1. The Morgan fingerprint density at radius 1 is 1.18 bits per heavy atom. The molecule has 1 amide bonds. The SMILES string of the molecule is CCCCC(=O)N(Cc1ccc2oc(-c3ccccc3-c3nnn[nH]3)c(Br)c2c1)CC1(OC(=O)O)CCCC1. The van der Waals surface area contributed by atoms with E-state index in [0.29, 0.717) is 43.0 Å². The number of rotatable bonds is 10. The second kappa shape index (κ2) is 11.6. The first-order valence-electron chi connectivity index (χ1n) is 13.1. The number of furan rings is 1. The van der Waals surface area contributed by atoms with E-state index in [2.05, 4.69) is 36.6 Å². The number of fused-ring (bicyclic) bond motifs is 1. The zero-order valence-electron chi connectivity index (χ0n) is 21.7. The van der Waals surface area contributed by atoms with Crippen molar-refractivity contribution >= 4 is 39.0 Å².